The first kappa shape index (κ1) is 21.5. The second kappa shape index (κ2) is 8.39. The van der Waals surface area contributed by atoms with Gasteiger partial charge in [-0.2, -0.15) is 13.7 Å². The number of amides is 2. The number of nitrogens with one attached hydrogen (secondary N) is 2. The number of benzene rings is 1. The van der Waals surface area contributed by atoms with Gasteiger partial charge in [0.15, 0.2) is 0 Å². The number of aromatic nitrogens is 4. The highest BCUT2D eigenvalue weighted by Gasteiger charge is 2.25. The molecule has 0 bridgehead atoms. The maximum Gasteiger partial charge on any atom is 0.333 e. The number of rotatable bonds is 5. The van der Waals surface area contributed by atoms with Crippen molar-refractivity contribution in [3.8, 4) is 17.2 Å². The third-order valence-electron chi connectivity index (χ3n) is 5.23. The summed E-state index contributed by atoms with van der Waals surface area (Å²) in [6.45, 7) is 3.67. The summed E-state index contributed by atoms with van der Waals surface area (Å²) in [6.07, 6.45) is 5.36. The van der Waals surface area contributed by atoms with Crippen LogP contribution in [0.4, 0.5) is 10.5 Å². The molecule has 1 aromatic carbocycles. The highest BCUT2D eigenvalue weighted by Crippen LogP contribution is 2.37. The number of pyridine rings is 1. The minimum atomic E-state index is -4.20. The second-order valence-electron chi connectivity index (χ2n) is 7.71. The molecule has 2 heterocycles. The Morgan fingerprint density at radius 2 is 2.06 bits per heavy atom. The fourth-order valence-corrected chi connectivity index (χ4v) is 4.45. The van der Waals surface area contributed by atoms with Crippen LogP contribution in [-0.4, -0.2) is 34.4 Å². The molecule has 2 aromatic heterocycles. The standard InChI is InChI=1S/C21H21N7O3S/c1-13(2)28-12-19(25-27-28)32(30,31)26-21(29)24-20-17-5-3-4-14(17)6-7-18(20)15-8-9-23-16(10-15)11-22/h6-10,12-13H,3-5H2,1-2H3,(H2,24,26,29). The van der Waals surface area contributed by atoms with Crippen LogP contribution in [0.5, 0.6) is 0 Å². The molecule has 11 heteroatoms. The quantitative estimate of drug-likeness (QED) is 0.607. The Bertz CT molecular complexity index is 1340. The van der Waals surface area contributed by atoms with E-state index in [9.17, 15) is 18.5 Å². The Morgan fingerprint density at radius 1 is 1.25 bits per heavy atom. The third kappa shape index (κ3) is 4.17. The lowest BCUT2D eigenvalue weighted by molar-refractivity contribution is 0.256. The van der Waals surface area contributed by atoms with Crippen molar-refractivity contribution in [2.24, 2.45) is 0 Å². The first-order valence-electron chi connectivity index (χ1n) is 10.1. The molecule has 3 aromatic rings. The molecule has 1 aliphatic carbocycles. The molecule has 4 rings (SSSR count). The van der Waals surface area contributed by atoms with E-state index >= 15 is 0 Å². The zero-order valence-electron chi connectivity index (χ0n) is 17.5. The molecular weight excluding hydrogens is 430 g/mol. The van der Waals surface area contributed by atoms with Crippen molar-refractivity contribution in [1.29, 1.82) is 5.26 Å². The van der Waals surface area contributed by atoms with Gasteiger partial charge in [0.05, 0.1) is 11.9 Å². The van der Waals surface area contributed by atoms with Crippen molar-refractivity contribution < 1.29 is 13.2 Å². The normalized spacial score (nSPS) is 12.9. The minimum Gasteiger partial charge on any atom is -0.306 e. The average molecular weight is 452 g/mol. The van der Waals surface area contributed by atoms with E-state index in [1.807, 2.05) is 36.8 Å². The van der Waals surface area contributed by atoms with Crippen LogP contribution in [0.15, 0.2) is 41.7 Å². The Morgan fingerprint density at radius 3 is 2.78 bits per heavy atom. The second-order valence-corrected chi connectivity index (χ2v) is 9.34. The highest BCUT2D eigenvalue weighted by molar-refractivity contribution is 7.90. The molecule has 0 saturated carbocycles. The van der Waals surface area contributed by atoms with Crippen LogP contribution < -0.4 is 10.0 Å². The van der Waals surface area contributed by atoms with Gasteiger partial charge in [-0.15, -0.1) is 5.10 Å². The van der Waals surface area contributed by atoms with Crippen LogP contribution in [0.3, 0.4) is 0 Å². The Kier molecular flexibility index (Phi) is 5.63. The summed E-state index contributed by atoms with van der Waals surface area (Å²) in [5, 5.41) is 19.0. The molecule has 0 aliphatic heterocycles. The molecule has 0 atom stereocenters. The summed E-state index contributed by atoms with van der Waals surface area (Å²) in [6, 6.07) is 8.24. The smallest absolute Gasteiger partial charge is 0.306 e. The lowest BCUT2D eigenvalue weighted by Crippen LogP contribution is -2.35. The van der Waals surface area contributed by atoms with Gasteiger partial charge in [0.25, 0.3) is 10.0 Å². The van der Waals surface area contributed by atoms with Crippen molar-refractivity contribution in [2.75, 3.05) is 5.32 Å². The number of carbonyl (C=O) groups is 1. The number of hydrogen-bond acceptors (Lipinski definition) is 7. The number of fused-ring (bicyclic) bond motifs is 1. The van der Waals surface area contributed by atoms with E-state index in [1.165, 1.54) is 17.1 Å². The van der Waals surface area contributed by atoms with Crippen LogP contribution in [0.25, 0.3) is 11.1 Å². The largest absolute Gasteiger partial charge is 0.333 e. The van der Waals surface area contributed by atoms with Gasteiger partial charge in [0.2, 0.25) is 5.03 Å². The fourth-order valence-electron chi connectivity index (χ4n) is 3.66. The average Bonchev–Trinajstić information content (AvgIpc) is 3.44. The topological polar surface area (TPSA) is 143 Å². The van der Waals surface area contributed by atoms with Gasteiger partial charge in [0, 0.05) is 17.8 Å². The van der Waals surface area contributed by atoms with E-state index < -0.39 is 16.1 Å². The van der Waals surface area contributed by atoms with Gasteiger partial charge in [-0.25, -0.2) is 19.2 Å². The predicted octanol–water partition coefficient (Wildman–Crippen LogP) is 2.79. The number of nitriles is 1. The van der Waals surface area contributed by atoms with Crippen LogP contribution >= 0.6 is 0 Å². The van der Waals surface area contributed by atoms with E-state index in [-0.39, 0.29) is 16.8 Å². The molecule has 0 unspecified atom stereocenters. The van der Waals surface area contributed by atoms with Gasteiger partial charge in [-0.05, 0) is 61.9 Å². The predicted molar refractivity (Wildman–Crippen MR) is 116 cm³/mol. The van der Waals surface area contributed by atoms with Crippen LogP contribution in [-0.2, 0) is 22.9 Å². The summed E-state index contributed by atoms with van der Waals surface area (Å²) < 4.78 is 28.6. The molecule has 2 amide bonds. The fraction of sp³-hybridized carbons (Fsp3) is 0.286. The maximum atomic E-state index is 12.7. The van der Waals surface area contributed by atoms with E-state index in [1.54, 1.807) is 12.1 Å². The lowest BCUT2D eigenvalue weighted by atomic mass is 9.97. The van der Waals surface area contributed by atoms with Crippen molar-refractivity contribution in [3.05, 3.63) is 53.5 Å². The molecule has 1 aliphatic rings. The van der Waals surface area contributed by atoms with E-state index in [0.29, 0.717) is 16.8 Å². The van der Waals surface area contributed by atoms with Gasteiger partial charge < -0.3 is 5.32 Å². The molecule has 32 heavy (non-hydrogen) atoms. The monoisotopic (exact) mass is 451 g/mol. The van der Waals surface area contributed by atoms with Crippen molar-refractivity contribution >= 4 is 21.7 Å². The summed E-state index contributed by atoms with van der Waals surface area (Å²) in [5.41, 5.74) is 4.20. The molecular formula is C21H21N7O3S. The summed E-state index contributed by atoms with van der Waals surface area (Å²) >= 11 is 0. The van der Waals surface area contributed by atoms with Crippen molar-refractivity contribution in [1.82, 2.24) is 24.7 Å². The van der Waals surface area contributed by atoms with Gasteiger partial charge >= 0.3 is 6.03 Å². The number of carbonyl (C=O) groups excluding carboxylic acids is 1. The SMILES string of the molecule is CC(C)n1cc(S(=O)(=O)NC(=O)Nc2c(-c3ccnc(C#N)c3)ccc3c2CCC3)nn1. The first-order valence-corrected chi connectivity index (χ1v) is 11.5. The Hall–Kier alpha value is -3.78. The van der Waals surface area contributed by atoms with Crippen LogP contribution in [0.2, 0.25) is 0 Å². The van der Waals surface area contributed by atoms with Crippen molar-refractivity contribution in [2.45, 2.75) is 44.2 Å². The van der Waals surface area contributed by atoms with E-state index in [4.69, 9.17) is 0 Å². The van der Waals surface area contributed by atoms with Gasteiger partial charge in [0.1, 0.15) is 11.8 Å². The molecule has 2 N–H and O–H groups in total. The number of sulfonamides is 1. The van der Waals surface area contributed by atoms with E-state index in [0.717, 1.165) is 30.4 Å². The van der Waals surface area contributed by atoms with Gasteiger partial charge in [-0.3, -0.25) is 0 Å². The molecule has 10 nitrogen and oxygen atoms in total. The number of urea groups is 1. The number of hydrogen-bond donors (Lipinski definition) is 2. The minimum absolute atomic E-state index is 0.0756. The zero-order valence-corrected chi connectivity index (χ0v) is 18.3. The van der Waals surface area contributed by atoms with Gasteiger partial charge in [-0.1, -0.05) is 17.3 Å². The number of nitrogens with zero attached hydrogens (tertiary/aromatic N) is 5. The van der Waals surface area contributed by atoms with Crippen molar-refractivity contribution in [3.63, 3.8) is 0 Å². The Labute approximate surface area is 185 Å². The summed E-state index contributed by atoms with van der Waals surface area (Å²) in [4.78, 5) is 16.7. The first-order chi connectivity index (χ1) is 15.3. The summed E-state index contributed by atoms with van der Waals surface area (Å²) in [7, 11) is -4.20. The third-order valence-corrected chi connectivity index (χ3v) is 6.42. The summed E-state index contributed by atoms with van der Waals surface area (Å²) in [5.74, 6) is 0. The van der Waals surface area contributed by atoms with Crippen LogP contribution in [0, 0.1) is 11.3 Å². The molecule has 164 valence electrons. The Balaban J connectivity index is 1.65. The van der Waals surface area contributed by atoms with E-state index in [2.05, 4.69) is 20.6 Å². The molecule has 0 fully saturated rings. The molecule has 0 saturated heterocycles. The molecule has 0 radical (unpaired) electrons. The lowest BCUT2D eigenvalue weighted by Gasteiger charge is -2.16. The maximum absolute atomic E-state index is 12.7. The number of anilines is 1. The zero-order chi connectivity index (χ0) is 22.9. The highest BCUT2D eigenvalue weighted by atomic mass is 32.2. The van der Waals surface area contributed by atoms with Crippen LogP contribution in [0.1, 0.15) is 43.1 Å². The number of aryl methyl sites for hydroxylation is 1. The molecule has 0 spiro atoms.